The lowest BCUT2D eigenvalue weighted by Gasteiger charge is -2.34. The highest BCUT2D eigenvalue weighted by Gasteiger charge is 2.27. The van der Waals surface area contributed by atoms with Crippen LogP contribution >= 0.6 is 24.0 Å². The van der Waals surface area contributed by atoms with Crippen LogP contribution in [0.3, 0.4) is 0 Å². The van der Waals surface area contributed by atoms with Gasteiger partial charge in [0, 0.05) is 46.3 Å². The Morgan fingerprint density at radius 2 is 1.92 bits per heavy atom. The zero-order valence-electron chi connectivity index (χ0n) is 16.4. The van der Waals surface area contributed by atoms with E-state index in [0.717, 1.165) is 71.3 Å². The van der Waals surface area contributed by atoms with Crippen LogP contribution in [0, 0.1) is 11.8 Å². The van der Waals surface area contributed by atoms with Gasteiger partial charge in [-0.25, -0.2) is 0 Å². The van der Waals surface area contributed by atoms with E-state index in [1.165, 1.54) is 0 Å². The fourth-order valence-electron chi connectivity index (χ4n) is 3.47. The molecule has 26 heavy (non-hydrogen) atoms. The minimum absolute atomic E-state index is 0. The van der Waals surface area contributed by atoms with E-state index in [4.69, 9.17) is 9.47 Å². The number of nitrogens with one attached hydrogen (secondary N) is 1. The van der Waals surface area contributed by atoms with Crippen LogP contribution in [-0.4, -0.2) is 87.9 Å². The van der Waals surface area contributed by atoms with Crippen molar-refractivity contribution < 1.29 is 14.3 Å². The molecule has 0 aromatic heterocycles. The summed E-state index contributed by atoms with van der Waals surface area (Å²) in [6.07, 6.45) is 1.67. The molecule has 0 aromatic rings. The van der Waals surface area contributed by atoms with E-state index in [1.54, 1.807) is 0 Å². The van der Waals surface area contributed by atoms with E-state index in [-0.39, 0.29) is 35.9 Å². The lowest BCUT2D eigenvalue weighted by Crippen LogP contribution is -2.48. The van der Waals surface area contributed by atoms with Crippen LogP contribution in [0.2, 0.25) is 0 Å². The van der Waals surface area contributed by atoms with Crippen LogP contribution in [0.15, 0.2) is 4.99 Å². The molecule has 2 fully saturated rings. The number of nitrogens with zero attached hydrogens (tertiary/aromatic N) is 3. The van der Waals surface area contributed by atoms with Gasteiger partial charge in [-0.15, -0.1) is 24.0 Å². The standard InChI is InChI=1S/C18H34N4O3.HI/c1-4-25-17(23)16-5-7-22(8-6-16)18(19-3)20-13-15(2)14-21-9-11-24-12-10-21;/h15-16H,4-14H2,1-3H3,(H,19,20);1H. The van der Waals surface area contributed by atoms with Crippen molar-refractivity contribution >= 4 is 35.9 Å². The summed E-state index contributed by atoms with van der Waals surface area (Å²) in [6, 6.07) is 0. The van der Waals surface area contributed by atoms with E-state index >= 15 is 0 Å². The molecule has 2 aliphatic rings. The maximum atomic E-state index is 11.8. The Balaban J connectivity index is 0.00000338. The number of hydrogen-bond acceptors (Lipinski definition) is 5. The Labute approximate surface area is 174 Å². The fraction of sp³-hybridized carbons (Fsp3) is 0.889. The third kappa shape index (κ3) is 7.56. The average molecular weight is 482 g/mol. The van der Waals surface area contributed by atoms with Gasteiger partial charge in [0.2, 0.25) is 0 Å². The predicted octanol–water partition coefficient (Wildman–Crippen LogP) is 1.42. The van der Waals surface area contributed by atoms with Crippen molar-refractivity contribution in [2.45, 2.75) is 26.7 Å². The number of halogens is 1. The average Bonchev–Trinajstić information content (AvgIpc) is 2.64. The molecule has 8 heteroatoms. The normalized spacial score (nSPS) is 21.0. The number of guanidine groups is 1. The molecule has 0 spiro atoms. The molecule has 1 N–H and O–H groups in total. The largest absolute Gasteiger partial charge is 0.466 e. The first-order valence-corrected chi connectivity index (χ1v) is 9.56. The van der Waals surface area contributed by atoms with Gasteiger partial charge in [0.15, 0.2) is 5.96 Å². The Hall–Kier alpha value is -0.610. The maximum Gasteiger partial charge on any atom is 0.309 e. The van der Waals surface area contributed by atoms with Gasteiger partial charge in [-0.05, 0) is 25.7 Å². The smallest absolute Gasteiger partial charge is 0.309 e. The van der Waals surface area contributed by atoms with Crippen molar-refractivity contribution in [3.63, 3.8) is 0 Å². The SMILES string of the molecule is CCOC(=O)C1CCN(C(=NC)NCC(C)CN2CCOCC2)CC1.I. The van der Waals surface area contributed by atoms with Crippen molar-refractivity contribution in [2.24, 2.45) is 16.8 Å². The quantitative estimate of drug-likeness (QED) is 0.268. The molecule has 2 heterocycles. The number of morpholine rings is 1. The van der Waals surface area contributed by atoms with Gasteiger partial charge in [-0.3, -0.25) is 14.7 Å². The number of rotatable bonds is 6. The molecule has 0 aliphatic carbocycles. The molecule has 0 aromatic carbocycles. The number of carbonyl (C=O) groups is 1. The molecule has 1 unspecified atom stereocenters. The van der Waals surface area contributed by atoms with E-state index in [2.05, 4.69) is 27.0 Å². The van der Waals surface area contributed by atoms with Crippen LogP contribution in [-0.2, 0) is 14.3 Å². The molecule has 0 bridgehead atoms. The third-order valence-corrected chi connectivity index (χ3v) is 4.91. The van der Waals surface area contributed by atoms with Crippen molar-refractivity contribution in [2.75, 3.05) is 66.1 Å². The van der Waals surface area contributed by atoms with Gasteiger partial charge in [0.1, 0.15) is 0 Å². The number of hydrogen-bond donors (Lipinski definition) is 1. The Morgan fingerprint density at radius 3 is 2.50 bits per heavy atom. The second-order valence-electron chi connectivity index (χ2n) is 6.96. The second-order valence-corrected chi connectivity index (χ2v) is 6.96. The highest BCUT2D eigenvalue weighted by molar-refractivity contribution is 14.0. The molecule has 7 nitrogen and oxygen atoms in total. The van der Waals surface area contributed by atoms with Crippen LogP contribution < -0.4 is 5.32 Å². The predicted molar refractivity (Wildman–Crippen MR) is 114 cm³/mol. The van der Waals surface area contributed by atoms with Crippen molar-refractivity contribution in [1.82, 2.24) is 15.1 Å². The van der Waals surface area contributed by atoms with Crippen molar-refractivity contribution in [3.8, 4) is 0 Å². The molecular weight excluding hydrogens is 447 g/mol. The van der Waals surface area contributed by atoms with Gasteiger partial charge in [0.25, 0.3) is 0 Å². The maximum absolute atomic E-state index is 11.8. The van der Waals surface area contributed by atoms with Crippen LogP contribution in [0.25, 0.3) is 0 Å². The first-order valence-electron chi connectivity index (χ1n) is 9.56. The molecule has 2 rings (SSSR count). The fourth-order valence-corrected chi connectivity index (χ4v) is 3.47. The first-order chi connectivity index (χ1) is 12.1. The van der Waals surface area contributed by atoms with Crippen LogP contribution in [0.4, 0.5) is 0 Å². The summed E-state index contributed by atoms with van der Waals surface area (Å²) in [5.41, 5.74) is 0. The molecule has 0 radical (unpaired) electrons. The first kappa shape index (κ1) is 23.4. The van der Waals surface area contributed by atoms with Crippen molar-refractivity contribution in [3.05, 3.63) is 0 Å². The number of ether oxygens (including phenoxy) is 2. The lowest BCUT2D eigenvalue weighted by molar-refractivity contribution is -0.149. The molecule has 1 atom stereocenters. The van der Waals surface area contributed by atoms with E-state index in [0.29, 0.717) is 12.5 Å². The number of aliphatic imine (C=N–C) groups is 1. The van der Waals surface area contributed by atoms with Gasteiger partial charge in [-0.2, -0.15) is 0 Å². The van der Waals surface area contributed by atoms with Gasteiger partial charge in [-0.1, -0.05) is 6.92 Å². The Kier molecular flexibility index (Phi) is 11.5. The summed E-state index contributed by atoms with van der Waals surface area (Å²) >= 11 is 0. The number of carbonyl (C=O) groups excluding carboxylic acids is 1. The summed E-state index contributed by atoms with van der Waals surface area (Å²) in [5.74, 6) is 1.47. The zero-order chi connectivity index (χ0) is 18.1. The number of esters is 1. The molecule has 0 amide bonds. The van der Waals surface area contributed by atoms with Gasteiger partial charge >= 0.3 is 5.97 Å². The zero-order valence-corrected chi connectivity index (χ0v) is 18.7. The number of likely N-dealkylation sites (tertiary alicyclic amines) is 1. The Bertz CT molecular complexity index is 436. The Morgan fingerprint density at radius 1 is 1.27 bits per heavy atom. The summed E-state index contributed by atoms with van der Waals surface area (Å²) in [7, 11) is 1.83. The summed E-state index contributed by atoms with van der Waals surface area (Å²) in [6.45, 7) is 12.0. The van der Waals surface area contributed by atoms with Crippen LogP contribution in [0.1, 0.15) is 26.7 Å². The molecule has 2 saturated heterocycles. The van der Waals surface area contributed by atoms with Crippen LogP contribution in [0.5, 0.6) is 0 Å². The molecule has 152 valence electrons. The highest BCUT2D eigenvalue weighted by atomic mass is 127. The summed E-state index contributed by atoms with van der Waals surface area (Å²) in [4.78, 5) is 21.0. The van der Waals surface area contributed by atoms with E-state index in [1.807, 2.05) is 14.0 Å². The van der Waals surface area contributed by atoms with Gasteiger partial charge in [0.05, 0.1) is 25.7 Å². The summed E-state index contributed by atoms with van der Waals surface area (Å²) < 4.78 is 10.5. The number of piperidine rings is 1. The topological polar surface area (TPSA) is 66.4 Å². The second kappa shape index (κ2) is 12.7. The van der Waals surface area contributed by atoms with E-state index < -0.39 is 0 Å². The molecule has 2 aliphatic heterocycles. The highest BCUT2D eigenvalue weighted by Crippen LogP contribution is 2.18. The summed E-state index contributed by atoms with van der Waals surface area (Å²) in [5, 5.41) is 3.50. The minimum Gasteiger partial charge on any atom is -0.466 e. The molecular formula is C18H35IN4O3. The van der Waals surface area contributed by atoms with Crippen molar-refractivity contribution in [1.29, 1.82) is 0 Å². The third-order valence-electron chi connectivity index (χ3n) is 4.91. The van der Waals surface area contributed by atoms with Gasteiger partial charge < -0.3 is 19.7 Å². The monoisotopic (exact) mass is 482 g/mol. The molecule has 0 saturated carbocycles. The van der Waals surface area contributed by atoms with E-state index in [9.17, 15) is 4.79 Å². The minimum atomic E-state index is -0.0516. The lowest BCUT2D eigenvalue weighted by atomic mass is 9.97.